The third-order valence-corrected chi connectivity index (χ3v) is 12.9. The summed E-state index contributed by atoms with van der Waals surface area (Å²) in [5.74, 6) is -0.986. The van der Waals surface area contributed by atoms with Gasteiger partial charge in [0.25, 0.3) is 0 Å². The maximum Gasteiger partial charge on any atom is 0.306 e. The van der Waals surface area contributed by atoms with Crippen molar-refractivity contribution in [1.29, 1.82) is 0 Å². The van der Waals surface area contributed by atoms with Gasteiger partial charge in [-0.15, -0.1) is 0 Å². The molecule has 0 aliphatic heterocycles. The van der Waals surface area contributed by atoms with Crippen molar-refractivity contribution in [1.82, 2.24) is 0 Å². The summed E-state index contributed by atoms with van der Waals surface area (Å²) in [5.41, 5.74) is 0. The van der Waals surface area contributed by atoms with Gasteiger partial charge in [-0.2, -0.15) is 0 Å². The summed E-state index contributed by atoms with van der Waals surface area (Å²) in [5, 5.41) is 0. The molecule has 0 unspecified atom stereocenters. The topological polar surface area (TPSA) is 78.9 Å². The maximum atomic E-state index is 12.9. The Morgan fingerprint density at radius 3 is 0.944 bits per heavy atom. The van der Waals surface area contributed by atoms with Crippen molar-refractivity contribution in [2.45, 2.75) is 297 Å². The number of hydrogen-bond donors (Lipinski definition) is 0. The molecule has 1 atom stereocenters. The number of carbonyl (C=O) groups excluding carboxylic acids is 3. The lowest BCUT2D eigenvalue weighted by Gasteiger charge is -2.18. The van der Waals surface area contributed by atoms with Gasteiger partial charge in [0.15, 0.2) is 6.10 Å². The zero-order valence-corrected chi connectivity index (χ0v) is 46.7. The van der Waals surface area contributed by atoms with Gasteiger partial charge in [0.2, 0.25) is 0 Å². The Labute approximate surface area is 439 Å². The summed E-state index contributed by atoms with van der Waals surface area (Å²) >= 11 is 0. The number of rotatable bonds is 54. The molecule has 408 valence electrons. The minimum atomic E-state index is -0.810. The van der Waals surface area contributed by atoms with Crippen LogP contribution in [-0.4, -0.2) is 37.2 Å². The lowest BCUT2D eigenvalue weighted by molar-refractivity contribution is -0.166. The van der Waals surface area contributed by atoms with Crippen LogP contribution in [0.25, 0.3) is 0 Å². The first-order valence-corrected chi connectivity index (χ1v) is 30.1. The highest BCUT2D eigenvalue weighted by molar-refractivity contribution is 5.71. The second-order valence-corrected chi connectivity index (χ2v) is 19.9. The van der Waals surface area contributed by atoms with E-state index in [1.807, 2.05) is 6.08 Å². The fourth-order valence-corrected chi connectivity index (χ4v) is 8.41. The molecular formula is C65H112O6. The standard InChI is InChI=1S/C65H112O6/c1-4-7-10-13-16-19-22-25-28-30-32-34-37-40-43-46-49-52-55-58-64(67)70-61-62(60-69-63(66)57-54-51-48-45-42-39-36-27-24-21-18-15-12-9-6-3)71-65(68)59-56-53-50-47-44-41-38-35-33-31-29-26-23-20-17-14-11-8-5-2/h7,10,16,19,25,27-28,32,34,36,40,43,49,52,62H,4-6,8-9,11-15,17-18,20-24,26,29-31,33,35,37-39,41-42,44-48,50-51,53-61H2,1-3H3/b10-7-,19-16-,28-25-,34-32-,36-27-,43-40-,52-49-/t62-/m0/s1. The van der Waals surface area contributed by atoms with E-state index in [0.717, 1.165) is 83.5 Å². The predicted molar refractivity (Wildman–Crippen MR) is 307 cm³/mol. The number of unbranched alkanes of at least 4 members (excludes halogenated alkanes) is 29. The van der Waals surface area contributed by atoms with Gasteiger partial charge in [-0.3, -0.25) is 14.4 Å². The quantitative estimate of drug-likeness (QED) is 0.0261. The number of esters is 3. The maximum absolute atomic E-state index is 12.9. The Bertz CT molecular complexity index is 1370. The second kappa shape index (κ2) is 59.2. The molecule has 0 saturated carbocycles. The molecule has 0 saturated heterocycles. The van der Waals surface area contributed by atoms with E-state index < -0.39 is 6.10 Å². The fraction of sp³-hybridized carbons (Fsp3) is 0.738. The summed E-state index contributed by atoms with van der Waals surface area (Å²) < 4.78 is 16.8. The highest BCUT2D eigenvalue weighted by Gasteiger charge is 2.19. The van der Waals surface area contributed by atoms with Crippen molar-refractivity contribution >= 4 is 17.9 Å². The first-order chi connectivity index (χ1) is 35.0. The molecule has 0 spiro atoms. The second-order valence-electron chi connectivity index (χ2n) is 19.9. The third-order valence-electron chi connectivity index (χ3n) is 12.9. The van der Waals surface area contributed by atoms with Crippen molar-refractivity contribution < 1.29 is 28.6 Å². The van der Waals surface area contributed by atoms with Crippen LogP contribution >= 0.6 is 0 Å². The molecule has 71 heavy (non-hydrogen) atoms. The van der Waals surface area contributed by atoms with Gasteiger partial charge in [-0.1, -0.05) is 273 Å². The minimum Gasteiger partial charge on any atom is -0.462 e. The van der Waals surface area contributed by atoms with E-state index in [0.29, 0.717) is 19.3 Å². The van der Waals surface area contributed by atoms with Crippen LogP contribution in [0.3, 0.4) is 0 Å². The molecule has 6 heteroatoms. The third kappa shape index (κ3) is 57.4. The van der Waals surface area contributed by atoms with Gasteiger partial charge < -0.3 is 14.2 Å². The van der Waals surface area contributed by atoms with Gasteiger partial charge in [-0.05, 0) is 83.5 Å². The minimum absolute atomic E-state index is 0.102. The average molecular weight is 990 g/mol. The van der Waals surface area contributed by atoms with Crippen LogP contribution in [0.4, 0.5) is 0 Å². The molecule has 0 rings (SSSR count). The van der Waals surface area contributed by atoms with E-state index in [-0.39, 0.29) is 37.5 Å². The van der Waals surface area contributed by atoms with Crippen LogP contribution in [0.2, 0.25) is 0 Å². The summed E-state index contributed by atoms with van der Waals surface area (Å²) in [6.07, 6.45) is 77.3. The Morgan fingerprint density at radius 1 is 0.296 bits per heavy atom. The van der Waals surface area contributed by atoms with E-state index in [1.54, 1.807) is 0 Å². The first-order valence-electron chi connectivity index (χ1n) is 30.1. The lowest BCUT2D eigenvalue weighted by atomic mass is 10.0. The van der Waals surface area contributed by atoms with Gasteiger partial charge >= 0.3 is 17.9 Å². The van der Waals surface area contributed by atoms with Crippen LogP contribution < -0.4 is 0 Å². The summed E-state index contributed by atoms with van der Waals surface area (Å²) in [7, 11) is 0. The number of allylic oxidation sites excluding steroid dienone is 14. The molecule has 0 amide bonds. The molecule has 6 nitrogen and oxygen atoms in total. The van der Waals surface area contributed by atoms with Crippen LogP contribution in [0, 0.1) is 0 Å². The molecule has 0 aromatic carbocycles. The van der Waals surface area contributed by atoms with Gasteiger partial charge in [-0.25, -0.2) is 0 Å². The summed E-state index contributed by atoms with van der Waals surface area (Å²) in [4.78, 5) is 38.2. The van der Waals surface area contributed by atoms with Crippen LogP contribution in [0.5, 0.6) is 0 Å². The molecule has 0 aliphatic carbocycles. The predicted octanol–water partition coefficient (Wildman–Crippen LogP) is 20.3. The van der Waals surface area contributed by atoms with Crippen LogP contribution in [-0.2, 0) is 28.6 Å². The van der Waals surface area contributed by atoms with Crippen LogP contribution in [0.1, 0.15) is 290 Å². The summed E-state index contributed by atoms with van der Waals surface area (Å²) in [6.45, 7) is 6.48. The van der Waals surface area contributed by atoms with Crippen molar-refractivity contribution in [2.75, 3.05) is 13.2 Å². The average Bonchev–Trinajstić information content (AvgIpc) is 3.37. The van der Waals surface area contributed by atoms with Crippen molar-refractivity contribution in [3.8, 4) is 0 Å². The molecule has 0 aromatic heterocycles. The van der Waals surface area contributed by atoms with Gasteiger partial charge in [0, 0.05) is 19.3 Å². The smallest absolute Gasteiger partial charge is 0.306 e. The Balaban J connectivity index is 4.47. The van der Waals surface area contributed by atoms with E-state index in [9.17, 15) is 14.4 Å². The molecule has 0 bridgehead atoms. The molecular weight excluding hydrogens is 877 g/mol. The highest BCUT2D eigenvalue weighted by Crippen LogP contribution is 2.16. The largest absolute Gasteiger partial charge is 0.462 e. The van der Waals surface area contributed by atoms with E-state index in [1.165, 1.54) is 161 Å². The van der Waals surface area contributed by atoms with E-state index in [4.69, 9.17) is 14.2 Å². The number of hydrogen-bond acceptors (Lipinski definition) is 6. The summed E-state index contributed by atoms with van der Waals surface area (Å²) in [6, 6.07) is 0. The Hall–Kier alpha value is -3.41. The molecule has 0 aromatic rings. The molecule has 0 aliphatic rings. The fourth-order valence-electron chi connectivity index (χ4n) is 8.41. The monoisotopic (exact) mass is 989 g/mol. The first kappa shape index (κ1) is 67.6. The van der Waals surface area contributed by atoms with Gasteiger partial charge in [0.05, 0.1) is 0 Å². The Kier molecular flexibility index (Phi) is 56.3. The Morgan fingerprint density at radius 2 is 0.577 bits per heavy atom. The number of carbonyl (C=O) groups is 3. The molecule has 0 radical (unpaired) electrons. The zero-order chi connectivity index (χ0) is 51.4. The molecule has 0 fully saturated rings. The lowest BCUT2D eigenvalue weighted by Crippen LogP contribution is -2.30. The van der Waals surface area contributed by atoms with E-state index >= 15 is 0 Å². The SMILES string of the molecule is CC/C=C\C/C=C\C/C=C\C/C=C\C/C=C\C/C=C\CCC(=O)OC[C@H](COC(=O)CCCCCCC/C=C\CCCCCCCC)OC(=O)CCCCCCCCCCCCCCCCCCCCC. The normalized spacial score (nSPS) is 12.7. The van der Waals surface area contributed by atoms with Gasteiger partial charge in [0.1, 0.15) is 13.2 Å². The van der Waals surface area contributed by atoms with E-state index in [2.05, 4.69) is 99.8 Å². The molecule has 0 N–H and O–H groups in total. The zero-order valence-electron chi connectivity index (χ0n) is 46.7. The van der Waals surface area contributed by atoms with Crippen molar-refractivity contribution in [2.24, 2.45) is 0 Å². The van der Waals surface area contributed by atoms with Crippen molar-refractivity contribution in [3.63, 3.8) is 0 Å². The van der Waals surface area contributed by atoms with Crippen LogP contribution in [0.15, 0.2) is 85.1 Å². The van der Waals surface area contributed by atoms with Crippen molar-refractivity contribution in [3.05, 3.63) is 85.1 Å². The highest BCUT2D eigenvalue weighted by atomic mass is 16.6. The molecule has 0 heterocycles. The number of ether oxygens (including phenoxy) is 3.